The molecule has 1 aliphatic heterocycles. The fourth-order valence-electron chi connectivity index (χ4n) is 3.79. The zero-order valence-corrected chi connectivity index (χ0v) is 21.4. The molecule has 0 fully saturated rings. The molecule has 35 heavy (non-hydrogen) atoms. The van der Waals surface area contributed by atoms with E-state index in [0.29, 0.717) is 17.9 Å². The Morgan fingerprint density at radius 3 is 2.34 bits per heavy atom. The molecule has 1 N–H and O–H groups in total. The molecule has 2 atom stereocenters. The number of fused-ring (bicyclic) bond motifs is 1. The van der Waals surface area contributed by atoms with E-state index >= 15 is 0 Å². The van der Waals surface area contributed by atoms with Crippen molar-refractivity contribution < 1.29 is 27.5 Å². The van der Waals surface area contributed by atoms with E-state index in [2.05, 4.69) is 5.32 Å². The van der Waals surface area contributed by atoms with Gasteiger partial charge >= 0.3 is 0 Å². The molecule has 0 bridgehead atoms. The Bertz CT molecular complexity index is 1140. The van der Waals surface area contributed by atoms with Gasteiger partial charge in [-0.15, -0.1) is 0 Å². The summed E-state index contributed by atoms with van der Waals surface area (Å²) in [5.74, 6) is 0.166. The minimum atomic E-state index is -3.82. The number of benzene rings is 2. The highest BCUT2D eigenvalue weighted by Gasteiger charge is 2.32. The van der Waals surface area contributed by atoms with Gasteiger partial charge in [0.15, 0.2) is 11.5 Å². The van der Waals surface area contributed by atoms with Gasteiger partial charge in [0.25, 0.3) is 0 Å². The Labute approximate surface area is 207 Å². The van der Waals surface area contributed by atoms with Crippen LogP contribution in [0, 0.1) is 0 Å². The molecule has 0 radical (unpaired) electrons. The summed E-state index contributed by atoms with van der Waals surface area (Å²) < 4.78 is 37.1. The van der Waals surface area contributed by atoms with E-state index in [-0.39, 0.29) is 31.0 Å². The largest absolute Gasteiger partial charge is 0.454 e. The number of amides is 2. The fourth-order valence-corrected chi connectivity index (χ4v) is 4.64. The van der Waals surface area contributed by atoms with Crippen LogP contribution in [-0.4, -0.2) is 56.8 Å². The molecule has 0 spiro atoms. The Hall–Kier alpha value is -3.27. The number of hydrogen-bond acceptors (Lipinski definition) is 6. The van der Waals surface area contributed by atoms with Crippen LogP contribution >= 0.6 is 0 Å². The summed E-state index contributed by atoms with van der Waals surface area (Å²) in [5.41, 5.74) is 1.12. The van der Waals surface area contributed by atoms with Gasteiger partial charge in [0.05, 0.1) is 11.9 Å². The van der Waals surface area contributed by atoms with Crippen LogP contribution in [0.5, 0.6) is 11.5 Å². The first-order chi connectivity index (χ1) is 16.6. The van der Waals surface area contributed by atoms with E-state index in [0.717, 1.165) is 22.5 Å². The molecular formula is C25H33N3O6S. The molecule has 9 nitrogen and oxygen atoms in total. The second-order valence-corrected chi connectivity index (χ2v) is 10.5. The molecule has 0 saturated carbocycles. The second kappa shape index (κ2) is 11.4. The van der Waals surface area contributed by atoms with Crippen LogP contribution in [0.4, 0.5) is 5.69 Å². The van der Waals surface area contributed by atoms with Crippen LogP contribution in [0.2, 0.25) is 0 Å². The standard InChI is InChI=1S/C25H33N3O6S/c1-5-18(3)26-25(30)21(6-2)27(15-19-10-8-7-9-11-19)24(29)16-28(35(4,31)32)20-12-13-22-23(14-20)34-17-33-22/h7-14,18,21H,5-6,15-17H2,1-4H3,(H,26,30)/t18-,21-/m1/s1. The topological polar surface area (TPSA) is 105 Å². The number of nitrogens with zero attached hydrogens (tertiary/aromatic N) is 2. The molecule has 3 rings (SSSR count). The Kier molecular flexibility index (Phi) is 8.61. The zero-order chi connectivity index (χ0) is 25.6. The Morgan fingerprint density at radius 1 is 1.03 bits per heavy atom. The van der Waals surface area contributed by atoms with Crippen LogP contribution in [-0.2, 0) is 26.2 Å². The zero-order valence-electron chi connectivity index (χ0n) is 20.6. The van der Waals surface area contributed by atoms with Crippen molar-refractivity contribution in [3.05, 3.63) is 54.1 Å². The number of carbonyl (C=O) groups excluding carboxylic acids is 2. The minimum Gasteiger partial charge on any atom is -0.454 e. The lowest BCUT2D eigenvalue weighted by molar-refractivity contribution is -0.140. The summed E-state index contributed by atoms with van der Waals surface area (Å²) in [6.07, 6.45) is 2.17. The monoisotopic (exact) mass is 503 g/mol. The van der Waals surface area contributed by atoms with Crippen LogP contribution in [0.15, 0.2) is 48.5 Å². The van der Waals surface area contributed by atoms with Gasteiger partial charge < -0.3 is 19.7 Å². The highest BCUT2D eigenvalue weighted by Crippen LogP contribution is 2.36. The van der Waals surface area contributed by atoms with Crippen molar-refractivity contribution in [2.45, 2.75) is 52.2 Å². The number of carbonyl (C=O) groups is 2. The maximum atomic E-state index is 13.7. The average molecular weight is 504 g/mol. The first-order valence-corrected chi connectivity index (χ1v) is 13.5. The molecule has 0 unspecified atom stereocenters. The number of sulfonamides is 1. The van der Waals surface area contributed by atoms with E-state index in [1.807, 2.05) is 51.1 Å². The normalized spacial score (nSPS) is 14.2. The lowest BCUT2D eigenvalue weighted by atomic mass is 10.1. The molecule has 2 aromatic rings. The summed E-state index contributed by atoms with van der Waals surface area (Å²) >= 11 is 0. The van der Waals surface area contributed by atoms with Crippen LogP contribution in [0.1, 0.15) is 39.2 Å². The van der Waals surface area contributed by atoms with Gasteiger partial charge in [0.1, 0.15) is 12.6 Å². The third-order valence-corrected chi connectivity index (χ3v) is 7.05. The summed E-state index contributed by atoms with van der Waals surface area (Å²) in [5, 5.41) is 2.95. The third kappa shape index (κ3) is 6.66. The summed E-state index contributed by atoms with van der Waals surface area (Å²) in [6, 6.07) is 13.2. The van der Waals surface area contributed by atoms with Gasteiger partial charge in [0, 0.05) is 18.7 Å². The number of hydrogen-bond donors (Lipinski definition) is 1. The van der Waals surface area contributed by atoms with E-state index in [1.54, 1.807) is 12.1 Å². The predicted octanol–water partition coefficient (Wildman–Crippen LogP) is 2.90. The molecule has 10 heteroatoms. The fraction of sp³-hybridized carbons (Fsp3) is 0.440. The maximum Gasteiger partial charge on any atom is 0.244 e. The molecule has 0 saturated heterocycles. The van der Waals surface area contributed by atoms with Gasteiger partial charge in [-0.1, -0.05) is 44.2 Å². The predicted molar refractivity (Wildman–Crippen MR) is 134 cm³/mol. The highest BCUT2D eigenvalue weighted by molar-refractivity contribution is 7.92. The van der Waals surface area contributed by atoms with Gasteiger partial charge in [-0.2, -0.15) is 0 Å². The van der Waals surface area contributed by atoms with Gasteiger partial charge in [-0.3, -0.25) is 13.9 Å². The summed E-state index contributed by atoms with van der Waals surface area (Å²) in [7, 11) is -3.82. The van der Waals surface area contributed by atoms with E-state index in [9.17, 15) is 18.0 Å². The minimum absolute atomic E-state index is 0.0465. The SMILES string of the molecule is CC[C@@H](C)NC(=O)[C@@H](CC)N(Cc1ccccc1)C(=O)CN(c1ccc2c(c1)OCO2)S(C)(=O)=O. The molecule has 1 aliphatic rings. The van der Waals surface area contributed by atoms with Crippen molar-refractivity contribution in [2.24, 2.45) is 0 Å². The van der Waals surface area contributed by atoms with Crippen molar-refractivity contribution in [2.75, 3.05) is 23.9 Å². The molecule has 2 aromatic carbocycles. The molecule has 190 valence electrons. The molecule has 2 amide bonds. The Morgan fingerprint density at radius 2 is 1.71 bits per heavy atom. The maximum absolute atomic E-state index is 13.7. The van der Waals surface area contributed by atoms with Crippen molar-refractivity contribution in [1.82, 2.24) is 10.2 Å². The van der Waals surface area contributed by atoms with Crippen LogP contribution in [0.25, 0.3) is 0 Å². The highest BCUT2D eigenvalue weighted by atomic mass is 32.2. The summed E-state index contributed by atoms with van der Waals surface area (Å²) in [4.78, 5) is 28.2. The van der Waals surface area contributed by atoms with Crippen molar-refractivity contribution in [3.63, 3.8) is 0 Å². The average Bonchev–Trinajstić information content (AvgIpc) is 3.30. The number of ether oxygens (including phenoxy) is 2. The van der Waals surface area contributed by atoms with E-state index in [4.69, 9.17) is 9.47 Å². The second-order valence-electron chi connectivity index (χ2n) is 8.56. The first-order valence-electron chi connectivity index (χ1n) is 11.6. The smallest absolute Gasteiger partial charge is 0.244 e. The first kappa shape index (κ1) is 26.3. The molecule has 1 heterocycles. The van der Waals surface area contributed by atoms with Crippen LogP contribution < -0.4 is 19.1 Å². The van der Waals surface area contributed by atoms with Gasteiger partial charge in [0.2, 0.25) is 28.6 Å². The lowest BCUT2D eigenvalue weighted by Crippen LogP contribution is -2.53. The molecular weight excluding hydrogens is 470 g/mol. The quantitative estimate of drug-likeness (QED) is 0.506. The van der Waals surface area contributed by atoms with Gasteiger partial charge in [-0.05, 0) is 37.5 Å². The van der Waals surface area contributed by atoms with E-state index in [1.165, 1.54) is 11.0 Å². The third-order valence-electron chi connectivity index (χ3n) is 5.91. The summed E-state index contributed by atoms with van der Waals surface area (Å²) in [6.45, 7) is 5.46. The van der Waals surface area contributed by atoms with Crippen LogP contribution in [0.3, 0.4) is 0 Å². The number of rotatable bonds is 11. The van der Waals surface area contributed by atoms with Crippen molar-refractivity contribution >= 4 is 27.5 Å². The molecule has 0 aromatic heterocycles. The van der Waals surface area contributed by atoms with Crippen molar-refractivity contribution in [1.29, 1.82) is 0 Å². The van der Waals surface area contributed by atoms with E-state index < -0.39 is 28.5 Å². The lowest BCUT2D eigenvalue weighted by Gasteiger charge is -2.33. The van der Waals surface area contributed by atoms with Crippen molar-refractivity contribution in [3.8, 4) is 11.5 Å². The molecule has 0 aliphatic carbocycles. The number of anilines is 1. The number of nitrogens with one attached hydrogen (secondary N) is 1. The van der Waals surface area contributed by atoms with Gasteiger partial charge in [-0.25, -0.2) is 8.42 Å². The Balaban J connectivity index is 1.93.